The largest absolute Gasteiger partial charge is 0.449 e. The van der Waals surface area contributed by atoms with Crippen LogP contribution >= 0.6 is 0 Å². The smallest absolute Gasteiger partial charge is 0.414 e. The van der Waals surface area contributed by atoms with Crippen LogP contribution in [0.2, 0.25) is 0 Å². The van der Waals surface area contributed by atoms with Gasteiger partial charge in [0.1, 0.15) is 0 Å². The second-order valence-electron chi connectivity index (χ2n) is 4.52. The Morgan fingerprint density at radius 1 is 1.28 bits per heavy atom. The van der Waals surface area contributed by atoms with E-state index in [1.54, 1.807) is 4.90 Å². The third kappa shape index (κ3) is 4.04. The van der Waals surface area contributed by atoms with Gasteiger partial charge < -0.3 is 9.64 Å². The Labute approximate surface area is 109 Å². The number of rotatable bonds is 5. The number of para-hydroxylation sites is 1. The van der Waals surface area contributed by atoms with Gasteiger partial charge >= 0.3 is 6.09 Å². The predicted octanol–water partition coefficient (Wildman–Crippen LogP) is 2.60. The molecule has 0 saturated carbocycles. The number of amides is 1. The van der Waals surface area contributed by atoms with Crippen LogP contribution in [0.1, 0.15) is 13.8 Å². The topological polar surface area (TPSA) is 32.8 Å². The van der Waals surface area contributed by atoms with Crippen molar-refractivity contribution in [3.8, 4) is 0 Å². The zero-order valence-corrected chi connectivity index (χ0v) is 11.6. The summed E-state index contributed by atoms with van der Waals surface area (Å²) in [5, 5.41) is 0. The van der Waals surface area contributed by atoms with Crippen LogP contribution in [0.3, 0.4) is 0 Å². The van der Waals surface area contributed by atoms with Gasteiger partial charge in [-0.25, -0.2) is 4.79 Å². The van der Waals surface area contributed by atoms with Gasteiger partial charge in [-0.1, -0.05) is 18.2 Å². The fourth-order valence-corrected chi connectivity index (χ4v) is 1.93. The highest BCUT2D eigenvalue weighted by Crippen LogP contribution is 2.18. The van der Waals surface area contributed by atoms with Crippen molar-refractivity contribution in [3.63, 3.8) is 0 Å². The molecule has 100 valence electrons. The molecule has 18 heavy (non-hydrogen) atoms. The highest BCUT2D eigenvalue weighted by atomic mass is 16.6. The standard InChI is InChI=1S/C14H22N2O2/c1-5-18-14(17)16(12(2)11-15(3)4)13-9-7-6-8-10-13/h6-10,12H,5,11H2,1-4H3. The maximum Gasteiger partial charge on any atom is 0.414 e. The molecule has 1 atom stereocenters. The molecular weight excluding hydrogens is 228 g/mol. The molecule has 0 aliphatic carbocycles. The zero-order valence-electron chi connectivity index (χ0n) is 11.6. The summed E-state index contributed by atoms with van der Waals surface area (Å²) in [6, 6.07) is 9.67. The number of carbonyl (C=O) groups excluding carboxylic acids is 1. The summed E-state index contributed by atoms with van der Waals surface area (Å²) in [4.78, 5) is 15.8. The number of ether oxygens (including phenoxy) is 1. The van der Waals surface area contributed by atoms with E-state index in [9.17, 15) is 4.79 Å². The minimum Gasteiger partial charge on any atom is -0.449 e. The summed E-state index contributed by atoms with van der Waals surface area (Å²) < 4.78 is 5.13. The quantitative estimate of drug-likeness (QED) is 0.805. The maximum absolute atomic E-state index is 12.1. The molecule has 0 radical (unpaired) electrons. The Balaban J connectivity index is 2.91. The van der Waals surface area contributed by atoms with Crippen molar-refractivity contribution in [2.45, 2.75) is 19.9 Å². The van der Waals surface area contributed by atoms with E-state index in [0.717, 1.165) is 12.2 Å². The highest BCUT2D eigenvalue weighted by Gasteiger charge is 2.23. The third-order valence-corrected chi connectivity index (χ3v) is 2.57. The molecule has 1 aromatic carbocycles. The fourth-order valence-electron chi connectivity index (χ4n) is 1.93. The first-order chi connectivity index (χ1) is 8.56. The zero-order chi connectivity index (χ0) is 13.5. The molecule has 0 spiro atoms. The van der Waals surface area contributed by atoms with Crippen LogP contribution in [0.5, 0.6) is 0 Å². The number of hydrogen-bond donors (Lipinski definition) is 0. The van der Waals surface area contributed by atoms with Crippen molar-refractivity contribution in [3.05, 3.63) is 30.3 Å². The summed E-state index contributed by atoms with van der Waals surface area (Å²) in [7, 11) is 3.98. The van der Waals surface area contributed by atoms with Crippen molar-refractivity contribution in [1.29, 1.82) is 0 Å². The molecule has 4 nitrogen and oxygen atoms in total. The molecule has 0 aliphatic rings. The molecule has 0 fully saturated rings. The van der Waals surface area contributed by atoms with Crippen LogP contribution in [0.25, 0.3) is 0 Å². The van der Waals surface area contributed by atoms with E-state index in [1.807, 2.05) is 58.3 Å². The van der Waals surface area contributed by atoms with E-state index in [0.29, 0.717) is 6.61 Å². The Morgan fingerprint density at radius 3 is 2.39 bits per heavy atom. The summed E-state index contributed by atoms with van der Waals surface area (Å²) in [5.74, 6) is 0. The molecule has 0 aromatic heterocycles. The van der Waals surface area contributed by atoms with E-state index in [1.165, 1.54) is 0 Å². The lowest BCUT2D eigenvalue weighted by Crippen LogP contribution is -2.44. The first kappa shape index (κ1) is 14.5. The second kappa shape index (κ2) is 7.01. The first-order valence-electron chi connectivity index (χ1n) is 6.22. The van der Waals surface area contributed by atoms with Crippen LogP contribution in [-0.2, 0) is 4.74 Å². The lowest BCUT2D eigenvalue weighted by atomic mass is 10.2. The summed E-state index contributed by atoms with van der Waals surface area (Å²) in [6.07, 6.45) is -0.293. The van der Waals surface area contributed by atoms with Gasteiger partial charge in [-0.2, -0.15) is 0 Å². The van der Waals surface area contributed by atoms with Crippen LogP contribution in [0, 0.1) is 0 Å². The van der Waals surface area contributed by atoms with Crippen molar-refractivity contribution in [2.24, 2.45) is 0 Å². The molecule has 0 aliphatic heterocycles. The monoisotopic (exact) mass is 250 g/mol. The molecule has 0 saturated heterocycles. The Kier molecular flexibility index (Phi) is 5.65. The normalized spacial score (nSPS) is 12.3. The molecule has 1 rings (SSSR count). The SMILES string of the molecule is CCOC(=O)N(c1ccccc1)C(C)CN(C)C. The van der Waals surface area contributed by atoms with Crippen molar-refractivity contribution in [1.82, 2.24) is 4.90 Å². The van der Waals surface area contributed by atoms with E-state index >= 15 is 0 Å². The lowest BCUT2D eigenvalue weighted by molar-refractivity contribution is 0.156. The second-order valence-corrected chi connectivity index (χ2v) is 4.52. The molecular formula is C14H22N2O2. The Morgan fingerprint density at radius 2 is 1.89 bits per heavy atom. The number of carbonyl (C=O) groups is 1. The number of benzene rings is 1. The Bertz CT molecular complexity index is 365. The van der Waals surface area contributed by atoms with Crippen molar-refractivity contribution >= 4 is 11.8 Å². The van der Waals surface area contributed by atoms with E-state index < -0.39 is 0 Å². The minimum absolute atomic E-state index is 0.0569. The molecule has 1 amide bonds. The molecule has 0 heterocycles. The van der Waals surface area contributed by atoms with Gasteiger partial charge in [0.15, 0.2) is 0 Å². The van der Waals surface area contributed by atoms with E-state index in [4.69, 9.17) is 4.74 Å². The number of nitrogens with zero attached hydrogens (tertiary/aromatic N) is 2. The molecule has 4 heteroatoms. The van der Waals surface area contributed by atoms with Crippen molar-refractivity contribution in [2.75, 3.05) is 32.1 Å². The van der Waals surface area contributed by atoms with Crippen LogP contribution in [0.15, 0.2) is 30.3 Å². The average molecular weight is 250 g/mol. The minimum atomic E-state index is -0.293. The van der Waals surface area contributed by atoms with Gasteiger partial charge in [0.05, 0.1) is 12.6 Å². The lowest BCUT2D eigenvalue weighted by Gasteiger charge is -2.30. The first-order valence-corrected chi connectivity index (χ1v) is 6.22. The maximum atomic E-state index is 12.1. The fraction of sp³-hybridized carbons (Fsp3) is 0.500. The molecule has 0 bridgehead atoms. The molecule has 1 unspecified atom stereocenters. The Hall–Kier alpha value is -1.55. The number of hydrogen-bond acceptors (Lipinski definition) is 3. The van der Waals surface area contributed by atoms with E-state index in [-0.39, 0.29) is 12.1 Å². The van der Waals surface area contributed by atoms with Gasteiger partial charge in [0, 0.05) is 12.2 Å². The van der Waals surface area contributed by atoms with Gasteiger partial charge in [-0.05, 0) is 40.1 Å². The van der Waals surface area contributed by atoms with E-state index in [2.05, 4.69) is 4.90 Å². The predicted molar refractivity (Wildman–Crippen MR) is 74.0 cm³/mol. The van der Waals surface area contributed by atoms with Crippen LogP contribution < -0.4 is 4.90 Å². The van der Waals surface area contributed by atoms with Crippen LogP contribution in [-0.4, -0.2) is 44.3 Å². The highest BCUT2D eigenvalue weighted by molar-refractivity contribution is 5.88. The third-order valence-electron chi connectivity index (χ3n) is 2.57. The van der Waals surface area contributed by atoms with Gasteiger partial charge in [-0.3, -0.25) is 4.90 Å². The summed E-state index contributed by atoms with van der Waals surface area (Å²) in [5.41, 5.74) is 0.866. The average Bonchev–Trinajstić information content (AvgIpc) is 2.30. The number of anilines is 1. The molecule has 0 N–H and O–H groups in total. The molecule has 1 aromatic rings. The van der Waals surface area contributed by atoms with Gasteiger partial charge in [0.25, 0.3) is 0 Å². The number of likely N-dealkylation sites (N-methyl/N-ethyl adjacent to an activating group) is 1. The summed E-state index contributed by atoms with van der Waals surface area (Å²) in [6.45, 7) is 5.01. The van der Waals surface area contributed by atoms with Gasteiger partial charge in [-0.15, -0.1) is 0 Å². The van der Waals surface area contributed by atoms with Crippen molar-refractivity contribution < 1.29 is 9.53 Å². The summed E-state index contributed by atoms with van der Waals surface area (Å²) >= 11 is 0. The van der Waals surface area contributed by atoms with Crippen LogP contribution in [0.4, 0.5) is 10.5 Å². The van der Waals surface area contributed by atoms with Gasteiger partial charge in [0.2, 0.25) is 0 Å².